The second-order valence-electron chi connectivity index (χ2n) is 7.61. The quantitative estimate of drug-likeness (QED) is 0.719. The lowest BCUT2D eigenvalue weighted by Gasteiger charge is -2.45. The van der Waals surface area contributed by atoms with Crippen molar-refractivity contribution in [2.75, 3.05) is 26.2 Å². The van der Waals surface area contributed by atoms with E-state index in [2.05, 4.69) is 51.8 Å². The minimum absolute atomic E-state index is 0.642. The first-order valence-electron chi connectivity index (χ1n) is 8.89. The second kappa shape index (κ2) is 8.38. The lowest BCUT2D eigenvalue weighted by molar-refractivity contribution is 0.0502. The van der Waals surface area contributed by atoms with Gasteiger partial charge in [-0.2, -0.15) is 0 Å². The molecule has 1 heterocycles. The molecule has 0 aromatic carbocycles. The Balaban J connectivity index is 2.49. The number of hydrogen-bond donors (Lipinski definition) is 1. The third-order valence-corrected chi connectivity index (χ3v) is 5.50. The molecule has 20 heavy (non-hydrogen) atoms. The maximum absolute atomic E-state index is 3.67. The summed E-state index contributed by atoms with van der Waals surface area (Å²) in [5.74, 6) is 1.49. The summed E-state index contributed by atoms with van der Waals surface area (Å²) in [7, 11) is 0. The van der Waals surface area contributed by atoms with Crippen molar-refractivity contribution in [2.24, 2.45) is 17.3 Å². The molecule has 1 unspecified atom stereocenters. The van der Waals surface area contributed by atoms with Crippen LogP contribution in [0.5, 0.6) is 0 Å². The molecule has 1 saturated heterocycles. The van der Waals surface area contributed by atoms with Gasteiger partial charge < -0.3 is 5.32 Å². The third-order valence-electron chi connectivity index (χ3n) is 5.50. The van der Waals surface area contributed by atoms with E-state index in [0.717, 1.165) is 24.9 Å². The van der Waals surface area contributed by atoms with E-state index in [1.54, 1.807) is 0 Å². The number of nitrogens with one attached hydrogen (secondary N) is 1. The fourth-order valence-electron chi connectivity index (χ4n) is 3.59. The van der Waals surface area contributed by atoms with Gasteiger partial charge in [-0.15, -0.1) is 0 Å². The number of hydrogen-bond acceptors (Lipinski definition) is 2. The number of likely N-dealkylation sites (tertiary alicyclic amines) is 1. The molecule has 0 saturated carbocycles. The minimum atomic E-state index is 0.642. The van der Waals surface area contributed by atoms with Crippen molar-refractivity contribution in [3.05, 3.63) is 0 Å². The van der Waals surface area contributed by atoms with E-state index in [9.17, 15) is 0 Å². The minimum Gasteiger partial charge on any atom is -0.315 e. The van der Waals surface area contributed by atoms with Crippen LogP contribution >= 0.6 is 0 Å². The Bertz CT molecular complexity index is 246. The molecule has 2 nitrogen and oxygen atoms in total. The zero-order valence-corrected chi connectivity index (χ0v) is 14.8. The van der Waals surface area contributed by atoms with Crippen molar-refractivity contribution in [1.82, 2.24) is 10.2 Å². The summed E-state index contributed by atoms with van der Waals surface area (Å²) in [5, 5.41) is 3.67. The van der Waals surface area contributed by atoms with Crippen LogP contribution in [0.4, 0.5) is 0 Å². The van der Waals surface area contributed by atoms with Gasteiger partial charge in [0, 0.05) is 12.6 Å². The van der Waals surface area contributed by atoms with Crippen molar-refractivity contribution < 1.29 is 0 Å². The van der Waals surface area contributed by atoms with Gasteiger partial charge >= 0.3 is 0 Å². The van der Waals surface area contributed by atoms with Gasteiger partial charge in [0.25, 0.3) is 0 Å². The Hall–Kier alpha value is -0.0800. The van der Waals surface area contributed by atoms with Gasteiger partial charge in [-0.1, -0.05) is 54.4 Å². The standard InChI is InChI=1S/C18H38N2/c1-7-18(8-2)9-11-20(12-10-18)17(16(5)6)14-19-13-15(3)4/h15-17,19H,7-14H2,1-6H3. The summed E-state index contributed by atoms with van der Waals surface area (Å²) in [5.41, 5.74) is 0.642. The zero-order chi connectivity index (χ0) is 15.2. The molecule has 0 aliphatic carbocycles. The fraction of sp³-hybridized carbons (Fsp3) is 1.00. The average molecular weight is 283 g/mol. The van der Waals surface area contributed by atoms with Crippen LogP contribution in [0.2, 0.25) is 0 Å². The van der Waals surface area contributed by atoms with Crippen LogP contribution in [-0.4, -0.2) is 37.1 Å². The average Bonchev–Trinajstić information content (AvgIpc) is 2.43. The molecule has 1 aliphatic rings. The third kappa shape index (κ3) is 5.04. The van der Waals surface area contributed by atoms with Gasteiger partial charge in [0.1, 0.15) is 0 Å². The monoisotopic (exact) mass is 282 g/mol. The molecule has 0 radical (unpaired) electrons. The van der Waals surface area contributed by atoms with E-state index in [4.69, 9.17) is 0 Å². The molecule has 120 valence electrons. The highest BCUT2D eigenvalue weighted by molar-refractivity contribution is 4.88. The van der Waals surface area contributed by atoms with E-state index in [1.165, 1.54) is 38.8 Å². The number of nitrogens with zero attached hydrogens (tertiary/aromatic N) is 1. The van der Waals surface area contributed by atoms with Crippen LogP contribution in [0.1, 0.15) is 67.2 Å². The van der Waals surface area contributed by atoms with Gasteiger partial charge in [-0.25, -0.2) is 0 Å². The molecule has 0 spiro atoms. The Morgan fingerprint density at radius 3 is 1.90 bits per heavy atom. The fourth-order valence-corrected chi connectivity index (χ4v) is 3.59. The van der Waals surface area contributed by atoms with E-state index < -0.39 is 0 Å². The normalized spacial score (nSPS) is 21.6. The van der Waals surface area contributed by atoms with Crippen LogP contribution in [0, 0.1) is 17.3 Å². The topological polar surface area (TPSA) is 15.3 Å². The molecular weight excluding hydrogens is 244 g/mol. The highest BCUT2D eigenvalue weighted by Gasteiger charge is 2.34. The van der Waals surface area contributed by atoms with Crippen LogP contribution in [0.25, 0.3) is 0 Å². The van der Waals surface area contributed by atoms with Gasteiger partial charge in [-0.3, -0.25) is 4.90 Å². The summed E-state index contributed by atoms with van der Waals surface area (Å²) in [6.07, 6.45) is 5.51. The van der Waals surface area contributed by atoms with E-state index >= 15 is 0 Å². The van der Waals surface area contributed by atoms with Gasteiger partial charge in [0.05, 0.1) is 0 Å². The lowest BCUT2D eigenvalue weighted by atomic mass is 9.73. The van der Waals surface area contributed by atoms with Gasteiger partial charge in [0.2, 0.25) is 0 Å². The predicted octanol–water partition coefficient (Wildman–Crippen LogP) is 4.16. The van der Waals surface area contributed by atoms with Crippen LogP contribution in [-0.2, 0) is 0 Å². The Kier molecular flexibility index (Phi) is 7.53. The van der Waals surface area contributed by atoms with Crippen LogP contribution < -0.4 is 5.32 Å². The Morgan fingerprint density at radius 1 is 0.950 bits per heavy atom. The molecule has 2 heteroatoms. The summed E-state index contributed by atoms with van der Waals surface area (Å²) in [4.78, 5) is 2.75. The van der Waals surface area contributed by atoms with Crippen molar-refractivity contribution in [2.45, 2.75) is 73.3 Å². The largest absolute Gasteiger partial charge is 0.315 e. The van der Waals surface area contributed by atoms with Crippen LogP contribution in [0.3, 0.4) is 0 Å². The van der Waals surface area contributed by atoms with Gasteiger partial charge in [0.15, 0.2) is 0 Å². The SMILES string of the molecule is CCC1(CC)CCN(C(CNCC(C)C)C(C)C)CC1. The van der Waals surface area contributed by atoms with Crippen LogP contribution in [0.15, 0.2) is 0 Å². The molecule has 1 N–H and O–H groups in total. The highest BCUT2D eigenvalue weighted by Crippen LogP contribution is 2.38. The summed E-state index contributed by atoms with van der Waals surface area (Å²) in [6, 6.07) is 0.709. The first-order valence-corrected chi connectivity index (χ1v) is 8.89. The molecule has 1 fully saturated rings. The summed E-state index contributed by atoms with van der Waals surface area (Å²) in [6.45, 7) is 19.0. The van der Waals surface area contributed by atoms with Crippen molar-refractivity contribution in [1.29, 1.82) is 0 Å². The second-order valence-corrected chi connectivity index (χ2v) is 7.61. The van der Waals surface area contributed by atoms with Crippen molar-refractivity contribution in [3.63, 3.8) is 0 Å². The number of rotatable bonds is 8. The maximum atomic E-state index is 3.67. The smallest absolute Gasteiger partial charge is 0.0243 e. The Labute approximate surface area is 127 Å². The van der Waals surface area contributed by atoms with E-state index in [0.29, 0.717) is 11.5 Å². The van der Waals surface area contributed by atoms with Crippen molar-refractivity contribution >= 4 is 0 Å². The first kappa shape index (κ1) is 18.0. The van der Waals surface area contributed by atoms with Crippen molar-refractivity contribution in [3.8, 4) is 0 Å². The lowest BCUT2D eigenvalue weighted by Crippen LogP contribution is -2.51. The van der Waals surface area contributed by atoms with Gasteiger partial charge in [-0.05, 0) is 49.7 Å². The van der Waals surface area contributed by atoms with E-state index in [1.807, 2.05) is 0 Å². The molecule has 1 atom stereocenters. The molecular formula is C18H38N2. The molecule has 1 aliphatic heterocycles. The predicted molar refractivity (Wildman–Crippen MR) is 90.2 cm³/mol. The molecule has 0 amide bonds. The molecule has 0 aromatic heterocycles. The molecule has 0 bridgehead atoms. The zero-order valence-electron chi connectivity index (χ0n) is 14.8. The molecule has 1 rings (SSSR count). The molecule has 0 aromatic rings. The first-order chi connectivity index (χ1) is 9.44. The summed E-state index contributed by atoms with van der Waals surface area (Å²) < 4.78 is 0. The Morgan fingerprint density at radius 2 is 1.50 bits per heavy atom. The maximum Gasteiger partial charge on any atom is 0.0243 e. The highest BCUT2D eigenvalue weighted by atomic mass is 15.2. The van der Waals surface area contributed by atoms with E-state index in [-0.39, 0.29) is 0 Å². The summed E-state index contributed by atoms with van der Waals surface area (Å²) >= 11 is 0. The number of piperidine rings is 1.